The third kappa shape index (κ3) is 2.27. The Morgan fingerprint density at radius 1 is 1.42 bits per heavy atom. The second kappa shape index (κ2) is 4.16. The summed E-state index contributed by atoms with van der Waals surface area (Å²) >= 11 is 4.14. The zero-order valence-electron chi connectivity index (χ0n) is 6.87. The molecule has 0 aliphatic rings. The minimum atomic E-state index is 0.214. The molecule has 0 saturated carbocycles. The zero-order chi connectivity index (χ0) is 8.97. The summed E-state index contributed by atoms with van der Waals surface area (Å²) in [6.07, 6.45) is 0. The number of rotatable bonds is 2. The lowest BCUT2D eigenvalue weighted by Crippen LogP contribution is -2.03. The molecule has 0 spiro atoms. The average molecular weight is 181 g/mol. The maximum absolute atomic E-state index is 7.45. The first kappa shape index (κ1) is 9.13. The van der Waals surface area contributed by atoms with Crippen molar-refractivity contribution in [2.45, 2.75) is 11.8 Å². The fraction of sp³-hybridized carbons (Fsp3) is 0.222. The Hall–Kier alpha value is -0.960. The van der Waals surface area contributed by atoms with E-state index in [1.807, 2.05) is 31.2 Å². The summed E-state index contributed by atoms with van der Waals surface area (Å²) in [5, 5.41) is 7.45. The predicted octanol–water partition coefficient (Wildman–Crippen LogP) is 2.34. The van der Waals surface area contributed by atoms with Crippen molar-refractivity contribution in [3.05, 3.63) is 29.8 Å². The van der Waals surface area contributed by atoms with Crippen molar-refractivity contribution in [1.29, 1.82) is 5.41 Å². The van der Waals surface area contributed by atoms with Gasteiger partial charge in [-0.25, -0.2) is 0 Å². The molecule has 0 radical (unpaired) electrons. The summed E-state index contributed by atoms with van der Waals surface area (Å²) in [5.41, 5.74) is 0.787. The zero-order valence-corrected chi connectivity index (χ0v) is 7.77. The van der Waals surface area contributed by atoms with Gasteiger partial charge in [-0.05, 0) is 31.2 Å². The Kier molecular flexibility index (Phi) is 3.17. The normalized spacial score (nSPS) is 9.50. The number of thiol groups is 1. The summed E-state index contributed by atoms with van der Waals surface area (Å²) < 4.78 is 5.03. The van der Waals surface area contributed by atoms with E-state index in [9.17, 15) is 0 Å². The number of hydrogen-bond donors (Lipinski definition) is 2. The van der Waals surface area contributed by atoms with Gasteiger partial charge in [0, 0.05) is 10.5 Å². The monoisotopic (exact) mass is 181 g/mol. The molecule has 2 nitrogen and oxygen atoms in total. The first-order valence-electron chi connectivity index (χ1n) is 3.74. The Morgan fingerprint density at radius 2 is 2.00 bits per heavy atom. The Bertz CT molecular complexity index is 268. The van der Waals surface area contributed by atoms with Gasteiger partial charge in [-0.15, -0.1) is 12.6 Å². The third-order valence-corrected chi connectivity index (χ3v) is 1.72. The van der Waals surface area contributed by atoms with Crippen molar-refractivity contribution >= 4 is 18.5 Å². The standard InChI is InChI=1S/C9H11NOS/c1-2-11-9(10)7-3-5-8(12)6-4-7/h3-6,10,12H,2H2,1H3. The van der Waals surface area contributed by atoms with Crippen LogP contribution in [0.3, 0.4) is 0 Å². The number of ether oxygens (including phenoxy) is 1. The highest BCUT2D eigenvalue weighted by molar-refractivity contribution is 7.80. The van der Waals surface area contributed by atoms with Crippen molar-refractivity contribution in [2.24, 2.45) is 0 Å². The van der Waals surface area contributed by atoms with E-state index >= 15 is 0 Å². The maximum Gasteiger partial charge on any atom is 0.213 e. The highest BCUT2D eigenvalue weighted by atomic mass is 32.1. The molecule has 0 amide bonds. The molecule has 64 valence electrons. The van der Waals surface area contributed by atoms with Gasteiger partial charge in [0.15, 0.2) is 0 Å². The van der Waals surface area contributed by atoms with Crippen LogP contribution in [0.25, 0.3) is 0 Å². The molecule has 0 unspecified atom stereocenters. The van der Waals surface area contributed by atoms with E-state index < -0.39 is 0 Å². The highest BCUT2D eigenvalue weighted by Crippen LogP contribution is 2.08. The highest BCUT2D eigenvalue weighted by Gasteiger charge is 1.99. The van der Waals surface area contributed by atoms with Crippen LogP contribution in [0.5, 0.6) is 0 Å². The molecule has 0 atom stereocenters. The summed E-state index contributed by atoms with van der Waals surface area (Å²) in [6.45, 7) is 2.39. The van der Waals surface area contributed by atoms with Gasteiger partial charge >= 0.3 is 0 Å². The Labute approximate surface area is 77.5 Å². The molecular weight excluding hydrogens is 170 g/mol. The molecule has 3 heteroatoms. The van der Waals surface area contributed by atoms with Crippen LogP contribution in [-0.4, -0.2) is 12.5 Å². The first-order valence-corrected chi connectivity index (χ1v) is 4.19. The summed E-state index contributed by atoms with van der Waals surface area (Å²) in [5.74, 6) is 0.214. The summed E-state index contributed by atoms with van der Waals surface area (Å²) in [7, 11) is 0. The van der Waals surface area contributed by atoms with Gasteiger partial charge in [0.2, 0.25) is 5.90 Å². The van der Waals surface area contributed by atoms with Crippen molar-refractivity contribution in [2.75, 3.05) is 6.61 Å². The van der Waals surface area contributed by atoms with Crippen molar-refractivity contribution in [3.63, 3.8) is 0 Å². The summed E-state index contributed by atoms with van der Waals surface area (Å²) in [4.78, 5) is 0.892. The molecule has 0 aliphatic carbocycles. The van der Waals surface area contributed by atoms with E-state index in [0.717, 1.165) is 10.5 Å². The van der Waals surface area contributed by atoms with E-state index in [1.165, 1.54) is 0 Å². The molecule has 1 rings (SSSR count). The quantitative estimate of drug-likeness (QED) is 0.410. The molecule has 0 fully saturated rings. The van der Waals surface area contributed by atoms with Crippen LogP contribution < -0.4 is 0 Å². The van der Waals surface area contributed by atoms with Crippen LogP contribution >= 0.6 is 12.6 Å². The molecule has 0 saturated heterocycles. The molecule has 0 bridgehead atoms. The number of benzene rings is 1. The number of hydrogen-bond acceptors (Lipinski definition) is 3. The number of nitrogens with one attached hydrogen (secondary N) is 1. The van der Waals surface area contributed by atoms with Gasteiger partial charge in [-0.3, -0.25) is 5.41 Å². The second-order valence-corrected chi connectivity index (χ2v) is 2.83. The fourth-order valence-corrected chi connectivity index (χ4v) is 0.990. The Balaban J connectivity index is 2.75. The molecule has 0 heterocycles. The molecule has 1 N–H and O–H groups in total. The lowest BCUT2D eigenvalue weighted by molar-refractivity contribution is 0.325. The van der Waals surface area contributed by atoms with Gasteiger partial charge in [0.25, 0.3) is 0 Å². The smallest absolute Gasteiger partial charge is 0.213 e. The van der Waals surface area contributed by atoms with E-state index in [4.69, 9.17) is 10.1 Å². The van der Waals surface area contributed by atoms with Crippen LogP contribution in [0.4, 0.5) is 0 Å². The molecule has 1 aromatic carbocycles. The van der Waals surface area contributed by atoms with Crippen LogP contribution in [0.2, 0.25) is 0 Å². The third-order valence-electron chi connectivity index (χ3n) is 1.42. The van der Waals surface area contributed by atoms with E-state index in [0.29, 0.717) is 6.61 Å². The Morgan fingerprint density at radius 3 is 2.50 bits per heavy atom. The van der Waals surface area contributed by atoms with Gasteiger partial charge in [-0.2, -0.15) is 0 Å². The van der Waals surface area contributed by atoms with E-state index in [-0.39, 0.29) is 5.90 Å². The van der Waals surface area contributed by atoms with Crippen LogP contribution in [0.15, 0.2) is 29.2 Å². The minimum Gasteiger partial charge on any atom is -0.478 e. The first-order chi connectivity index (χ1) is 5.74. The topological polar surface area (TPSA) is 33.1 Å². The summed E-state index contributed by atoms with van der Waals surface area (Å²) in [6, 6.07) is 7.32. The lowest BCUT2D eigenvalue weighted by atomic mass is 10.2. The lowest BCUT2D eigenvalue weighted by Gasteiger charge is -2.03. The predicted molar refractivity (Wildman–Crippen MR) is 52.1 cm³/mol. The van der Waals surface area contributed by atoms with Crippen LogP contribution in [0.1, 0.15) is 12.5 Å². The maximum atomic E-state index is 7.45. The molecule has 1 aromatic rings. The second-order valence-electron chi connectivity index (χ2n) is 2.31. The average Bonchev–Trinajstić information content (AvgIpc) is 2.06. The van der Waals surface area contributed by atoms with Crippen LogP contribution in [-0.2, 0) is 4.74 Å². The van der Waals surface area contributed by atoms with Crippen molar-refractivity contribution in [1.82, 2.24) is 0 Å². The molecular formula is C9H11NOS. The van der Waals surface area contributed by atoms with Gasteiger partial charge in [0.1, 0.15) is 0 Å². The molecule has 0 aliphatic heterocycles. The SMILES string of the molecule is CCOC(=N)c1ccc(S)cc1. The van der Waals surface area contributed by atoms with Crippen LogP contribution in [0, 0.1) is 5.41 Å². The van der Waals surface area contributed by atoms with Crippen molar-refractivity contribution < 1.29 is 4.74 Å². The molecule has 12 heavy (non-hydrogen) atoms. The van der Waals surface area contributed by atoms with Gasteiger partial charge in [0.05, 0.1) is 6.61 Å². The fourth-order valence-electron chi connectivity index (χ4n) is 0.840. The van der Waals surface area contributed by atoms with Gasteiger partial charge in [-0.1, -0.05) is 0 Å². The largest absolute Gasteiger partial charge is 0.478 e. The molecule has 0 aromatic heterocycles. The van der Waals surface area contributed by atoms with Crippen molar-refractivity contribution in [3.8, 4) is 0 Å². The minimum absolute atomic E-state index is 0.214. The van der Waals surface area contributed by atoms with E-state index in [1.54, 1.807) is 0 Å². The van der Waals surface area contributed by atoms with Gasteiger partial charge < -0.3 is 4.74 Å². The van der Waals surface area contributed by atoms with E-state index in [2.05, 4.69) is 12.6 Å².